The Morgan fingerprint density at radius 2 is 1.71 bits per heavy atom. The molecule has 0 atom stereocenters. The molecule has 0 saturated carbocycles. The van der Waals surface area contributed by atoms with Crippen molar-refractivity contribution in [2.24, 2.45) is 0 Å². The molecule has 2 rings (SSSR count). The molecule has 0 bridgehead atoms. The molecule has 1 aromatic rings. The minimum absolute atomic E-state index is 0.181. The lowest BCUT2D eigenvalue weighted by Crippen LogP contribution is -2.41. The summed E-state index contributed by atoms with van der Waals surface area (Å²) < 4.78 is 46.7. The van der Waals surface area contributed by atoms with Gasteiger partial charge in [0.15, 0.2) is 0 Å². The lowest BCUT2D eigenvalue weighted by atomic mass is 9.76. The first-order valence-corrected chi connectivity index (χ1v) is 7.71. The highest BCUT2D eigenvalue weighted by molar-refractivity contribution is 7.86. The van der Waals surface area contributed by atoms with E-state index >= 15 is 0 Å². The van der Waals surface area contributed by atoms with E-state index in [1.54, 1.807) is 0 Å². The zero-order valence-corrected chi connectivity index (χ0v) is 13.0. The maximum absolute atomic E-state index is 13.1. The predicted molar refractivity (Wildman–Crippen MR) is 75.2 cm³/mol. The van der Waals surface area contributed by atoms with E-state index < -0.39 is 33.4 Å². The average molecular weight is 311 g/mol. The fourth-order valence-electron chi connectivity index (χ4n) is 1.96. The first-order valence-electron chi connectivity index (χ1n) is 6.32. The molecule has 1 saturated heterocycles. The standard InChI is InChI=1S/C13H15BFNO4S/c1-12(2)13(3,4)20-14(19-12)11-7-10(21(15,17)18)6-5-9(11)8-16/h5-7H,1-4H3. The summed E-state index contributed by atoms with van der Waals surface area (Å²) in [6.45, 7) is 7.31. The Morgan fingerprint density at radius 3 is 2.14 bits per heavy atom. The van der Waals surface area contributed by atoms with Gasteiger partial charge in [0.1, 0.15) is 0 Å². The lowest BCUT2D eigenvalue weighted by Gasteiger charge is -2.32. The van der Waals surface area contributed by atoms with Crippen LogP contribution in [0.5, 0.6) is 0 Å². The Labute approximate surface area is 124 Å². The van der Waals surface area contributed by atoms with E-state index in [4.69, 9.17) is 14.6 Å². The van der Waals surface area contributed by atoms with Gasteiger partial charge in [-0.1, -0.05) is 0 Å². The van der Waals surface area contributed by atoms with Crippen LogP contribution in [0.2, 0.25) is 0 Å². The molecule has 0 aromatic heterocycles. The van der Waals surface area contributed by atoms with Crippen molar-refractivity contribution >= 4 is 22.8 Å². The van der Waals surface area contributed by atoms with E-state index in [-0.39, 0.29) is 11.0 Å². The van der Waals surface area contributed by atoms with Gasteiger partial charge in [-0.25, -0.2) is 0 Å². The molecule has 21 heavy (non-hydrogen) atoms. The lowest BCUT2D eigenvalue weighted by molar-refractivity contribution is 0.00578. The molecule has 1 aliphatic heterocycles. The summed E-state index contributed by atoms with van der Waals surface area (Å²) in [7, 11) is -5.78. The van der Waals surface area contributed by atoms with Crippen molar-refractivity contribution in [2.75, 3.05) is 0 Å². The van der Waals surface area contributed by atoms with E-state index in [1.807, 2.05) is 33.8 Å². The van der Waals surface area contributed by atoms with E-state index in [2.05, 4.69) is 0 Å². The fourth-order valence-corrected chi connectivity index (χ4v) is 2.46. The van der Waals surface area contributed by atoms with Crippen LogP contribution in [-0.2, 0) is 19.5 Å². The zero-order valence-electron chi connectivity index (χ0n) is 12.2. The normalized spacial score (nSPS) is 20.3. The first-order chi connectivity index (χ1) is 9.48. The van der Waals surface area contributed by atoms with Gasteiger partial charge in [0, 0.05) is 5.46 Å². The molecule has 0 aliphatic carbocycles. The second kappa shape index (κ2) is 4.80. The second-order valence-corrected chi connectivity index (χ2v) is 7.23. The van der Waals surface area contributed by atoms with Gasteiger partial charge in [-0.2, -0.15) is 13.7 Å². The molecule has 0 spiro atoms. The van der Waals surface area contributed by atoms with Crippen molar-refractivity contribution in [3.63, 3.8) is 0 Å². The molecule has 0 unspecified atom stereocenters. The number of hydrogen-bond acceptors (Lipinski definition) is 5. The minimum atomic E-state index is -4.86. The quantitative estimate of drug-likeness (QED) is 0.611. The highest BCUT2D eigenvalue weighted by Crippen LogP contribution is 2.36. The predicted octanol–water partition coefficient (Wildman–Crippen LogP) is 1.52. The Hall–Kier alpha value is -1.43. The molecular weight excluding hydrogens is 296 g/mol. The molecular formula is C13H15BFNO4S. The van der Waals surface area contributed by atoms with Crippen molar-refractivity contribution in [1.29, 1.82) is 5.26 Å². The minimum Gasteiger partial charge on any atom is -0.399 e. The number of rotatable bonds is 2. The van der Waals surface area contributed by atoms with Crippen molar-refractivity contribution in [2.45, 2.75) is 43.8 Å². The maximum atomic E-state index is 13.1. The molecule has 8 heteroatoms. The van der Waals surface area contributed by atoms with Crippen LogP contribution in [0.15, 0.2) is 23.1 Å². The van der Waals surface area contributed by atoms with Crippen molar-refractivity contribution in [3.8, 4) is 6.07 Å². The van der Waals surface area contributed by atoms with Crippen LogP contribution in [0.3, 0.4) is 0 Å². The van der Waals surface area contributed by atoms with E-state index in [0.29, 0.717) is 0 Å². The van der Waals surface area contributed by atoms with Gasteiger partial charge in [-0.05, 0) is 45.9 Å². The molecule has 1 aliphatic rings. The molecule has 112 valence electrons. The van der Waals surface area contributed by atoms with Crippen molar-refractivity contribution in [1.82, 2.24) is 0 Å². The van der Waals surface area contributed by atoms with Crippen LogP contribution in [0.4, 0.5) is 3.89 Å². The van der Waals surface area contributed by atoms with Gasteiger partial charge < -0.3 is 9.31 Å². The van der Waals surface area contributed by atoms with Crippen LogP contribution < -0.4 is 5.46 Å². The van der Waals surface area contributed by atoms with Gasteiger partial charge in [0.2, 0.25) is 0 Å². The monoisotopic (exact) mass is 311 g/mol. The maximum Gasteiger partial charge on any atom is 0.496 e. The summed E-state index contributed by atoms with van der Waals surface area (Å²) >= 11 is 0. The number of hydrogen-bond donors (Lipinski definition) is 0. The topological polar surface area (TPSA) is 76.4 Å². The van der Waals surface area contributed by atoms with Crippen LogP contribution in [0.1, 0.15) is 33.3 Å². The fraction of sp³-hybridized carbons (Fsp3) is 0.462. The molecule has 1 aromatic carbocycles. The van der Waals surface area contributed by atoms with Crippen LogP contribution in [0, 0.1) is 11.3 Å². The molecule has 5 nitrogen and oxygen atoms in total. The molecule has 0 radical (unpaired) electrons. The number of nitriles is 1. The number of benzene rings is 1. The Balaban J connectivity index is 2.52. The summed E-state index contributed by atoms with van der Waals surface area (Å²) in [5, 5.41) is 9.13. The summed E-state index contributed by atoms with van der Waals surface area (Å²) in [5.74, 6) is 0. The SMILES string of the molecule is CC1(C)OB(c2cc(S(=O)(=O)F)ccc2C#N)OC1(C)C. The molecule has 0 amide bonds. The third-order valence-electron chi connectivity index (χ3n) is 3.93. The Bertz CT molecular complexity index is 708. The molecule has 0 N–H and O–H groups in total. The second-order valence-electron chi connectivity index (χ2n) is 5.89. The third kappa shape index (κ3) is 2.82. The third-order valence-corrected chi connectivity index (χ3v) is 4.75. The van der Waals surface area contributed by atoms with Gasteiger partial charge >= 0.3 is 17.3 Å². The first kappa shape index (κ1) is 16.0. The number of nitrogens with zero attached hydrogens (tertiary/aromatic N) is 1. The van der Waals surface area contributed by atoms with E-state index in [1.165, 1.54) is 6.07 Å². The van der Waals surface area contributed by atoms with Crippen LogP contribution >= 0.6 is 0 Å². The van der Waals surface area contributed by atoms with Crippen molar-refractivity contribution < 1.29 is 21.6 Å². The van der Waals surface area contributed by atoms with Crippen molar-refractivity contribution in [3.05, 3.63) is 23.8 Å². The Morgan fingerprint density at radius 1 is 1.19 bits per heavy atom. The Kier molecular flexibility index (Phi) is 3.65. The zero-order chi connectivity index (χ0) is 16.1. The van der Waals surface area contributed by atoms with Gasteiger partial charge in [0.25, 0.3) is 0 Å². The van der Waals surface area contributed by atoms with Gasteiger partial charge in [-0.3, -0.25) is 0 Å². The number of halogens is 1. The summed E-state index contributed by atoms with van der Waals surface area (Å²) in [6.07, 6.45) is 0. The highest BCUT2D eigenvalue weighted by atomic mass is 32.3. The largest absolute Gasteiger partial charge is 0.496 e. The summed E-state index contributed by atoms with van der Waals surface area (Å²) in [5.41, 5.74) is -0.903. The molecule has 1 heterocycles. The highest BCUT2D eigenvalue weighted by Gasteiger charge is 2.52. The van der Waals surface area contributed by atoms with E-state index in [9.17, 15) is 12.3 Å². The smallest absolute Gasteiger partial charge is 0.399 e. The van der Waals surface area contributed by atoms with Gasteiger partial charge in [0.05, 0.1) is 27.7 Å². The van der Waals surface area contributed by atoms with Gasteiger partial charge in [-0.15, -0.1) is 3.89 Å². The van der Waals surface area contributed by atoms with Crippen LogP contribution in [0.25, 0.3) is 0 Å². The summed E-state index contributed by atoms with van der Waals surface area (Å²) in [6, 6.07) is 5.30. The average Bonchev–Trinajstić information content (AvgIpc) is 2.56. The summed E-state index contributed by atoms with van der Waals surface area (Å²) in [4.78, 5) is -0.522. The van der Waals surface area contributed by atoms with E-state index in [0.717, 1.165) is 12.1 Å². The van der Waals surface area contributed by atoms with Crippen LogP contribution in [-0.4, -0.2) is 26.7 Å². The molecule has 1 fully saturated rings.